The fourth-order valence-electron chi connectivity index (χ4n) is 1.46. The normalized spacial score (nSPS) is 11.5. The first-order chi connectivity index (χ1) is 7.86. The molecule has 4 heteroatoms. The smallest absolute Gasteiger partial charge is 0.258 e. The van der Waals surface area contributed by atoms with E-state index in [9.17, 15) is 10.1 Å². The van der Waals surface area contributed by atoms with Gasteiger partial charge in [0.25, 0.3) is 5.69 Å². The highest BCUT2D eigenvalue weighted by Gasteiger charge is 2.20. The SMILES string of the molecule is CCCSc1ccc(C(C)(C)C)cc1[N+](=O)[O-]. The first-order valence-electron chi connectivity index (χ1n) is 5.78. The zero-order chi connectivity index (χ0) is 13.1. The zero-order valence-electron chi connectivity index (χ0n) is 10.8. The highest BCUT2D eigenvalue weighted by Crippen LogP contribution is 2.34. The molecule has 0 unspecified atom stereocenters. The molecule has 3 nitrogen and oxygen atoms in total. The van der Waals surface area contributed by atoms with Crippen LogP contribution in [0.3, 0.4) is 0 Å². The van der Waals surface area contributed by atoms with Crippen LogP contribution in [-0.2, 0) is 5.41 Å². The Labute approximate surface area is 107 Å². The Kier molecular flexibility index (Phi) is 4.57. The number of rotatable bonds is 4. The fourth-order valence-corrected chi connectivity index (χ4v) is 2.33. The number of nitro benzene ring substituents is 1. The van der Waals surface area contributed by atoms with Gasteiger partial charge in [-0.15, -0.1) is 11.8 Å². The van der Waals surface area contributed by atoms with E-state index in [4.69, 9.17) is 0 Å². The van der Waals surface area contributed by atoms with Crippen LogP contribution in [0.1, 0.15) is 39.7 Å². The maximum absolute atomic E-state index is 11.1. The first-order valence-corrected chi connectivity index (χ1v) is 6.76. The Morgan fingerprint density at radius 1 is 1.35 bits per heavy atom. The molecule has 17 heavy (non-hydrogen) atoms. The molecule has 94 valence electrons. The van der Waals surface area contributed by atoms with Crippen LogP contribution in [0.15, 0.2) is 23.1 Å². The van der Waals surface area contributed by atoms with Crippen molar-refractivity contribution in [1.29, 1.82) is 0 Å². The van der Waals surface area contributed by atoms with Gasteiger partial charge in [0.15, 0.2) is 0 Å². The lowest BCUT2D eigenvalue weighted by atomic mass is 9.87. The number of nitrogens with zero attached hydrogens (tertiary/aromatic N) is 1. The molecular formula is C13H19NO2S. The average Bonchev–Trinajstić information content (AvgIpc) is 2.24. The van der Waals surface area contributed by atoms with Crippen molar-refractivity contribution < 1.29 is 4.92 Å². The van der Waals surface area contributed by atoms with Gasteiger partial charge in [-0.1, -0.05) is 33.8 Å². The number of benzene rings is 1. The van der Waals surface area contributed by atoms with Crippen molar-refractivity contribution >= 4 is 17.4 Å². The van der Waals surface area contributed by atoms with Gasteiger partial charge in [0.2, 0.25) is 0 Å². The number of hydrogen-bond acceptors (Lipinski definition) is 3. The standard InChI is InChI=1S/C13H19NO2S/c1-5-8-17-12-7-6-10(13(2,3)4)9-11(12)14(15)16/h6-7,9H,5,8H2,1-4H3. The summed E-state index contributed by atoms with van der Waals surface area (Å²) in [5, 5.41) is 11.1. The van der Waals surface area contributed by atoms with E-state index in [1.807, 2.05) is 12.1 Å². The second-order valence-corrected chi connectivity index (χ2v) is 6.17. The molecule has 0 heterocycles. The Bertz CT molecular complexity index is 410. The molecule has 1 aromatic carbocycles. The minimum absolute atomic E-state index is 0.0568. The van der Waals surface area contributed by atoms with Gasteiger partial charge in [-0.05, 0) is 29.2 Å². The molecule has 0 atom stereocenters. The van der Waals surface area contributed by atoms with E-state index < -0.39 is 0 Å². The topological polar surface area (TPSA) is 43.1 Å². The highest BCUT2D eigenvalue weighted by atomic mass is 32.2. The summed E-state index contributed by atoms with van der Waals surface area (Å²) in [6.45, 7) is 8.25. The predicted octanol–water partition coefficient (Wildman–Crippen LogP) is 4.39. The fraction of sp³-hybridized carbons (Fsp3) is 0.538. The third-order valence-corrected chi connectivity index (χ3v) is 3.75. The summed E-state index contributed by atoms with van der Waals surface area (Å²) in [7, 11) is 0. The van der Waals surface area contributed by atoms with Gasteiger partial charge in [-0.2, -0.15) is 0 Å². The second kappa shape index (κ2) is 5.54. The summed E-state index contributed by atoms with van der Waals surface area (Å²) in [6.07, 6.45) is 1.02. The monoisotopic (exact) mass is 253 g/mol. The minimum atomic E-state index is -0.284. The quantitative estimate of drug-likeness (QED) is 0.454. The number of nitro groups is 1. The summed E-state index contributed by atoms with van der Waals surface area (Å²) in [5.41, 5.74) is 1.18. The van der Waals surface area contributed by atoms with Crippen LogP contribution in [-0.4, -0.2) is 10.7 Å². The Morgan fingerprint density at radius 2 is 2.00 bits per heavy atom. The molecule has 0 saturated heterocycles. The average molecular weight is 253 g/mol. The van der Waals surface area contributed by atoms with E-state index >= 15 is 0 Å². The number of hydrogen-bond donors (Lipinski definition) is 0. The third kappa shape index (κ3) is 3.73. The largest absolute Gasteiger partial charge is 0.283 e. The highest BCUT2D eigenvalue weighted by molar-refractivity contribution is 7.99. The van der Waals surface area contributed by atoms with Crippen LogP contribution in [0.5, 0.6) is 0 Å². The molecule has 0 aromatic heterocycles. The summed E-state index contributed by atoms with van der Waals surface area (Å²) >= 11 is 1.55. The molecule has 0 fully saturated rings. The lowest BCUT2D eigenvalue weighted by molar-refractivity contribution is -0.387. The molecule has 0 spiro atoms. The van der Waals surface area contributed by atoms with Gasteiger partial charge in [-0.25, -0.2) is 0 Å². The van der Waals surface area contributed by atoms with Crippen molar-refractivity contribution in [1.82, 2.24) is 0 Å². The van der Waals surface area contributed by atoms with Crippen LogP contribution in [0, 0.1) is 10.1 Å². The Hall–Kier alpha value is -1.03. The van der Waals surface area contributed by atoms with Crippen LogP contribution < -0.4 is 0 Å². The van der Waals surface area contributed by atoms with E-state index in [1.54, 1.807) is 17.8 Å². The van der Waals surface area contributed by atoms with Crippen LogP contribution in [0.25, 0.3) is 0 Å². The molecule has 0 aliphatic carbocycles. The van der Waals surface area contributed by atoms with E-state index in [0.29, 0.717) is 0 Å². The number of thioether (sulfide) groups is 1. The van der Waals surface area contributed by atoms with Crippen molar-refractivity contribution in [2.75, 3.05) is 5.75 Å². The van der Waals surface area contributed by atoms with Gasteiger partial charge in [-0.3, -0.25) is 10.1 Å². The van der Waals surface area contributed by atoms with Crippen LogP contribution in [0.2, 0.25) is 0 Å². The van der Waals surface area contributed by atoms with Crippen LogP contribution in [0.4, 0.5) is 5.69 Å². The molecule has 0 aliphatic heterocycles. The summed E-state index contributed by atoms with van der Waals surface area (Å²) in [5.74, 6) is 0.912. The zero-order valence-corrected chi connectivity index (χ0v) is 11.6. The maximum Gasteiger partial charge on any atom is 0.283 e. The summed E-state index contributed by atoms with van der Waals surface area (Å²) in [6, 6.07) is 5.57. The van der Waals surface area contributed by atoms with E-state index in [-0.39, 0.29) is 16.0 Å². The first kappa shape index (κ1) is 14.0. The van der Waals surface area contributed by atoms with Gasteiger partial charge in [0, 0.05) is 6.07 Å². The van der Waals surface area contributed by atoms with Gasteiger partial charge >= 0.3 is 0 Å². The van der Waals surface area contributed by atoms with Crippen molar-refractivity contribution in [3.05, 3.63) is 33.9 Å². The molecule has 0 radical (unpaired) electrons. The Morgan fingerprint density at radius 3 is 2.47 bits per heavy atom. The molecule has 0 saturated carbocycles. The predicted molar refractivity (Wildman–Crippen MR) is 72.8 cm³/mol. The molecule has 0 bridgehead atoms. The summed E-state index contributed by atoms with van der Waals surface area (Å²) in [4.78, 5) is 11.5. The second-order valence-electron chi connectivity index (χ2n) is 5.04. The van der Waals surface area contributed by atoms with Crippen molar-refractivity contribution in [3.63, 3.8) is 0 Å². The van der Waals surface area contributed by atoms with Gasteiger partial charge in [0.1, 0.15) is 0 Å². The lowest BCUT2D eigenvalue weighted by Gasteiger charge is -2.19. The van der Waals surface area contributed by atoms with Crippen molar-refractivity contribution in [2.45, 2.75) is 44.4 Å². The third-order valence-electron chi connectivity index (χ3n) is 2.48. The summed E-state index contributed by atoms with van der Waals surface area (Å²) < 4.78 is 0. The molecule has 0 amide bonds. The molecule has 0 aliphatic rings. The van der Waals surface area contributed by atoms with E-state index in [2.05, 4.69) is 27.7 Å². The molecule has 1 aromatic rings. The van der Waals surface area contributed by atoms with Gasteiger partial charge < -0.3 is 0 Å². The molecule has 0 N–H and O–H groups in total. The Balaban J connectivity index is 3.13. The van der Waals surface area contributed by atoms with Crippen LogP contribution >= 0.6 is 11.8 Å². The van der Waals surface area contributed by atoms with Crippen molar-refractivity contribution in [3.8, 4) is 0 Å². The van der Waals surface area contributed by atoms with E-state index in [1.165, 1.54) is 0 Å². The minimum Gasteiger partial charge on any atom is -0.258 e. The molecule has 1 rings (SSSR count). The van der Waals surface area contributed by atoms with E-state index in [0.717, 1.165) is 22.6 Å². The molecular weight excluding hydrogens is 234 g/mol. The van der Waals surface area contributed by atoms with Gasteiger partial charge in [0.05, 0.1) is 9.82 Å². The van der Waals surface area contributed by atoms with Crippen molar-refractivity contribution in [2.24, 2.45) is 0 Å². The lowest BCUT2D eigenvalue weighted by Crippen LogP contribution is -2.11. The maximum atomic E-state index is 11.1.